The lowest BCUT2D eigenvalue weighted by molar-refractivity contribution is 0.212. The summed E-state index contributed by atoms with van der Waals surface area (Å²) in [5, 5.41) is 0. The molecular formula is C15H21ClN4. The Hall–Kier alpha value is -1.13. The average molecular weight is 293 g/mol. The van der Waals surface area contributed by atoms with E-state index in [1.807, 2.05) is 13.0 Å². The second-order valence-electron chi connectivity index (χ2n) is 5.69. The van der Waals surface area contributed by atoms with E-state index < -0.39 is 0 Å². The number of nitrogens with zero attached hydrogens (tertiary/aromatic N) is 4. The van der Waals surface area contributed by atoms with Crippen LogP contribution in [0.5, 0.6) is 0 Å². The van der Waals surface area contributed by atoms with Crippen LogP contribution in [0.3, 0.4) is 0 Å². The number of likely N-dealkylation sites (tertiary alicyclic amines) is 1. The van der Waals surface area contributed by atoms with Crippen LogP contribution in [0.15, 0.2) is 12.1 Å². The molecule has 1 aliphatic heterocycles. The molecule has 0 radical (unpaired) electrons. The van der Waals surface area contributed by atoms with Gasteiger partial charge in [-0.05, 0) is 45.5 Å². The summed E-state index contributed by atoms with van der Waals surface area (Å²) in [5.41, 5.74) is 3.05. The third-order valence-corrected chi connectivity index (χ3v) is 4.22. The van der Waals surface area contributed by atoms with E-state index in [0.29, 0.717) is 11.9 Å². The van der Waals surface area contributed by atoms with Gasteiger partial charge >= 0.3 is 0 Å². The summed E-state index contributed by atoms with van der Waals surface area (Å²) in [5.74, 6) is 1.68. The van der Waals surface area contributed by atoms with E-state index in [4.69, 9.17) is 21.6 Å². The normalized spacial score (nSPS) is 20.6. The molecule has 1 aliphatic rings. The number of imidazole rings is 1. The number of hydrogen-bond acceptors (Lipinski definition) is 3. The molecule has 3 rings (SSSR count). The Kier molecular flexibility index (Phi) is 3.94. The lowest BCUT2D eigenvalue weighted by atomic mass is 10.1. The number of aromatic nitrogens is 3. The second kappa shape index (κ2) is 5.70. The van der Waals surface area contributed by atoms with Gasteiger partial charge in [-0.3, -0.25) is 0 Å². The van der Waals surface area contributed by atoms with Crippen molar-refractivity contribution in [2.45, 2.75) is 32.2 Å². The summed E-state index contributed by atoms with van der Waals surface area (Å²) in [4.78, 5) is 11.8. The third-order valence-electron chi connectivity index (χ3n) is 4.03. The van der Waals surface area contributed by atoms with Gasteiger partial charge in [0, 0.05) is 30.6 Å². The predicted molar refractivity (Wildman–Crippen MR) is 82.5 cm³/mol. The minimum absolute atomic E-state index is 0.464. The van der Waals surface area contributed by atoms with Crippen LogP contribution in [0.25, 0.3) is 11.2 Å². The van der Waals surface area contributed by atoms with Crippen LogP contribution >= 0.6 is 11.6 Å². The number of fused-ring (bicyclic) bond motifs is 1. The number of likely N-dealkylation sites (N-methyl/N-ethyl adjacent to an activating group) is 1. The van der Waals surface area contributed by atoms with Gasteiger partial charge in [0.1, 0.15) is 11.3 Å². The van der Waals surface area contributed by atoms with Crippen molar-refractivity contribution in [3.8, 4) is 0 Å². The highest BCUT2D eigenvalue weighted by Gasteiger charge is 2.24. The maximum Gasteiger partial charge on any atom is 0.160 e. The van der Waals surface area contributed by atoms with E-state index in [9.17, 15) is 0 Å². The van der Waals surface area contributed by atoms with E-state index in [2.05, 4.69) is 22.6 Å². The second-order valence-corrected chi connectivity index (χ2v) is 6.07. The molecule has 2 aromatic rings. The Morgan fingerprint density at radius 1 is 1.35 bits per heavy atom. The van der Waals surface area contributed by atoms with Crippen LogP contribution in [-0.2, 0) is 6.42 Å². The van der Waals surface area contributed by atoms with Gasteiger partial charge in [-0.2, -0.15) is 0 Å². The van der Waals surface area contributed by atoms with E-state index in [0.717, 1.165) is 35.6 Å². The van der Waals surface area contributed by atoms with Crippen molar-refractivity contribution in [3.63, 3.8) is 0 Å². The largest absolute Gasteiger partial charge is 0.308 e. The van der Waals surface area contributed by atoms with Gasteiger partial charge < -0.3 is 9.47 Å². The first-order valence-corrected chi connectivity index (χ1v) is 7.81. The molecule has 0 amide bonds. The molecule has 5 heteroatoms. The molecule has 3 heterocycles. The Bertz CT molecular complexity index is 607. The molecule has 2 aromatic heterocycles. The first-order valence-electron chi connectivity index (χ1n) is 7.28. The molecule has 20 heavy (non-hydrogen) atoms. The molecule has 0 N–H and O–H groups in total. The van der Waals surface area contributed by atoms with E-state index in [-0.39, 0.29) is 0 Å². The first kappa shape index (κ1) is 13.8. The first-order chi connectivity index (χ1) is 9.69. The minimum Gasteiger partial charge on any atom is -0.308 e. The van der Waals surface area contributed by atoms with Crippen molar-refractivity contribution in [3.05, 3.63) is 23.7 Å². The van der Waals surface area contributed by atoms with Crippen LogP contribution in [0, 0.1) is 6.92 Å². The van der Waals surface area contributed by atoms with Crippen molar-refractivity contribution < 1.29 is 0 Å². The highest BCUT2D eigenvalue weighted by molar-refractivity contribution is 6.17. The van der Waals surface area contributed by atoms with Gasteiger partial charge in [0.2, 0.25) is 0 Å². The van der Waals surface area contributed by atoms with Gasteiger partial charge in [0.15, 0.2) is 5.65 Å². The summed E-state index contributed by atoms with van der Waals surface area (Å²) in [6.07, 6.45) is 3.23. The molecule has 0 aliphatic carbocycles. The Labute approximate surface area is 124 Å². The quantitative estimate of drug-likeness (QED) is 0.816. The summed E-state index contributed by atoms with van der Waals surface area (Å²) >= 11 is 5.95. The highest BCUT2D eigenvalue weighted by Crippen LogP contribution is 2.27. The molecule has 0 saturated carbocycles. The summed E-state index contributed by atoms with van der Waals surface area (Å²) in [6, 6.07) is 4.56. The summed E-state index contributed by atoms with van der Waals surface area (Å²) in [7, 11) is 2.19. The van der Waals surface area contributed by atoms with E-state index in [1.165, 1.54) is 19.4 Å². The lowest BCUT2D eigenvalue weighted by Gasteiger charge is -2.31. The maximum absolute atomic E-state index is 5.95. The summed E-state index contributed by atoms with van der Waals surface area (Å²) < 4.78 is 2.33. The van der Waals surface area contributed by atoms with Crippen molar-refractivity contribution in [2.24, 2.45) is 0 Å². The van der Waals surface area contributed by atoms with Crippen LogP contribution in [0.4, 0.5) is 0 Å². The lowest BCUT2D eigenvalue weighted by Crippen LogP contribution is -2.34. The number of aryl methyl sites for hydroxylation is 2. The molecule has 1 unspecified atom stereocenters. The molecular weight excluding hydrogens is 272 g/mol. The zero-order valence-corrected chi connectivity index (χ0v) is 12.9. The average Bonchev–Trinajstić information content (AvgIpc) is 2.76. The third kappa shape index (κ3) is 2.54. The van der Waals surface area contributed by atoms with Gasteiger partial charge in [-0.15, -0.1) is 11.6 Å². The number of hydrogen-bond donors (Lipinski definition) is 0. The van der Waals surface area contributed by atoms with Crippen LogP contribution in [0.1, 0.15) is 30.4 Å². The van der Waals surface area contributed by atoms with E-state index >= 15 is 0 Å². The molecule has 4 nitrogen and oxygen atoms in total. The van der Waals surface area contributed by atoms with Gasteiger partial charge in [0.05, 0.1) is 0 Å². The van der Waals surface area contributed by atoms with Crippen LogP contribution in [-0.4, -0.2) is 45.5 Å². The number of alkyl halides is 1. The molecule has 0 bridgehead atoms. The smallest absolute Gasteiger partial charge is 0.160 e. The van der Waals surface area contributed by atoms with Crippen LogP contribution < -0.4 is 0 Å². The number of piperidine rings is 1. The zero-order chi connectivity index (χ0) is 14.1. The summed E-state index contributed by atoms with van der Waals surface area (Å²) in [6.45, 7) is 4.28. The molecule has 1 fully saturated rings. The van der Waals surface area contributed by atoms with Crippen molar-refractivity contribution in [1.29, 1.82) is 0 Å². The Balaban J connectivity index is 2.09. The molecule has 108 valence electrons. The van der Waals surface area contributed by atoms with Crippen molar-refractivity contribution >= 4 is 22.8 Å². The standard InChI is InChI=1S/C15H21ClN4/c1-11-5-6-13-15(17-11)20(14(18-13)7-8-16)12-4-3-9-19(2)10-12/h5-6,12H,3-4,7-10H2,1-2H3. The minimum atomic E-state index is 0.464. The van der Waals surface area contributed by atoms with Gasteiger partial charge in [0.25, 0.3) is 0 Å². The molecule has 0 aromatic carbocycles. The SMILES string of the molecule is Cc1ccc2nc(CCCl)n(C3CCCN(C)C3)c2n1. The molecule has 0 spiro atoms. The maximum atomic E-state index is 5.95. The van der Waals surface area contributed by atoms with Crippen LogP contribution in [0.2, 0.25) is 0 Å². The van der Waals surface area contributed by atoms with Crippen molar-refractivity contribution in [1.82, 2.24) is 19.4 Å². The highest BCUT2D eigenvalue weighted by atomic mass is 35.5. The number of halogens is 1. The predicted octanol–water partition coefficient (Wildman–Crippen LogP) is 2.79. The van der Waals surface area contributed by atoms with E-state index in [1.54, 1.807) is 0 Å². The van der Waals surface area contributed by atoms with Crippen molar-refractivity contribution in [2.75, 3.05) is 26.0 Å². The Morgan fingerprint density at radius 3 is 2.95 bits per heavy atom. The number of pyridine rings is 1. The molecule has 1 atom stereocenters. The molecule has 1 saturated heterocycles. The van der Waals surface area contributed by atoms with Gasteiger partial charge in [-0.25, -0.2) is 9.97 Å². The topological polar surface area (TPSA) is 34.0 Å². The fourth-order valence-corrected chi connectivity index (χ4v) is 3.28. The van der Waals surface area contributed by atoms with Gasteiger partial charge in [-0.1, -0.05) is 0 Å². The Morgan fingerprint density at radius 2 is 2.20 bits per heavy atom. The fourth-order valence-electron chi connectivity index (χ4n) is 3.11. The number of rotatable bonds is 3. The zero-order valence-electron chi connectivity index (χ0n) is 12.1. The monoisotopic (exact) mass is 292 g/mol. The fraction of sp³-hybridized carbons (Fsp3) is 0.600.